The molecule has 0 aliphatic heterocycles. The highest BCUT2D eigenvalue weighted by molar-refractivity contribution is 5.92. The molecular formula is C14H15FN4O3. The van der Waals surface area contributed by atoms with Gasteiger partial charge in [-0.1, -0.05) is 17.3 Å². The monoisotopic (exact) mass is 306 g/mol. The Morgan fingerprint density at radius 1 is 1.36 bits per heavy atom. The van der Waals surface area contributed by atoms with Crippen LogP contribution in [-0.4, -0.2) is 32.0 Å². The van der Waals surface area contributed by atoms with Crippen LogP contribution in [0.15, 0.2) is 30.5 Å². The Kier molecular flexibility index (Phi) is 4.82. The van der Waals surface area contributed by atoms with Crippen LogP contribution >= 0.6 is 0 Å². The molecule has 1 aromatic heterocycles. The van der Waals surface area contributed by atoms with Gasteiger partial charge in [0.1, 0.15) is 5.82 Å². The second-order valence-corrected chi connectivity index (χ2v) is 4.63. The molecule has 0 saturated heterocycles. The SMILES string of the molecule is CCn1cc(C(=O)NC(CC(=O)O)c2ccc(F)cc2)nn1. The van der Waals surface area contributed by atoms with Gasteiger partial charge in [0.25, 0.3) is 5.91 Å². The maximum Gasteiger partial charge on any atom is 0.305 e. The van der Waals surface area contributed by atoms with E-state index in [1.54, 1.807) is 0 Å². The number of halogens is 1. The maximum absolute atomic E-state index is 13.0. The average Bonchev–Trinajstić information content (AvgIpc) is 2.96. The van der Waals surface area contributed by atoms with E-state index in [2.05, 4.69) is 15.6 Å². The first-order chi connectivity index (χ1) is 10.5. The number of carbonyl (C=O) groups is 2. The van der Waals surface area contributed by atoms with E-state index in [1.165, 1.54) is 35.1 Å². The molecule has 7 nitrogen and oxygen atoms in total. The summed E-state index contributed by atoms with van der Waals surface area (Å²) in [5, 5.41) is 19.0. The first kappa shape index (κ1) is 15.6. The molecule has 0 saturated carbocycles. The smallest absolute Gasteiger partial charge is 0.305 e. The van der Waals surface area contributed by atoms with Crippen molar-refractivity contribution in [2.45, 2.75) is 25.9 Å². The summed E-state index contributed by atoms with van der Waals surface area (Å²) < 4.78 is 14.4. The van der Waals surface area contributed by atoms with Crippen LogP contribution < -0.4 is 5.32 Å². The fourth-order valence-corrected chi connectivity index (χ4v) is 1.91. The topological polar surface area (TPSA) is 97.1 Å². The Bertz CT molecular complexity index is 669. The molecule has 0 spiro atoms. The lowest BCUT2D eigenvalue weighted by Crippen LogP contribution is -2.30. The second kappa shape index (κ2) is 6.79. The first-order valence-electron chi connectivity index (χ1n) is 6.68. The number of carbonyl (C=O) groups excluding carboxylic acids is 1. The Hall–Kier alpha value is -2.77. The van der Waals surface area contributed by atoms with Gasteiger partial charge >= 0.3 is 5.97 Å². The van der Waals surface area contributed by atoms with E-state index < -0.39 is 23.7 Å². The van der Waals surface area contributed by atoms with E-state index in [9.17, 15) is 14.0 Å². The fraction of sp³-hybridized carbons (Fsp3) is 0.286. The van der Waals surface area contributed by atoms with Crippen molar-refractivity contribution >= 4 is 11.9 Å². The summed E-state index contributed by atoms with van der Waals surface area (Å²) in [5.41, 5.74) is 0.597. The van der Waals surface area contributed by atoms with E-state index in [-0.39, 0.29) is 12.1 Å². The lowest BCUT2D eigenvalue weighted by molar-refractivity contribution is -0.137. The fourth-order valence-electron chi connectivity index (χ4n) is 1.91. The first-order valence-corrected chi connectivity index (χ1v) is 6.68. The normalized spacial score (nSPS) is 11.9. The third-order valence-corrected chi connectivity index (χ3v) is 3.05. The predicted molar refractivity (Wildman–Crippen MR) is 74.6 cm³/mol. The van der Waals surface area contributed by atoms with Gasteiger partial charge in [-0.3, -0.25) is 14.3 Å². The summed E-state index contributed by atoms with van der Waals surface area (Å²) in [4.78, 5) is 23.1. The molecule has 2 N–H and O–H groups in total. The van der Waals surface area contributed by atoms with Crippen molar-refractivity contribution in [3.05, 3.63) is 47.5 Å². The number of benzene rings is 1. The molecule has 1 amide bonds. The number of carboxylic acid groups (broad SMARTS) is 1. The molecule has 0 aliphatic carbocycles. The Balaban J connectivity index is 2.17. The standard InChI is InChI=1S/C14H15FN4O3/c1-2-19-8-12(17-18-19)14(22)16-11(7-13(20)21)9-3-5-10(15)6-4-9/h3-6,8,11H,2,7H2,1H3,(H,16,22)(H,20,21). The Labute approximate surface area is 125 Å². The van der Waals surface area contributed by atoms with Crippen molar-refractivity contribution in [3.63, 3.8) is 0 Å². The summed E-state index contributed by atoms with van der Waals surface area (Å²) in [6, 6.07) is 4.52. The van der Waals surface area contributed by atoms with Gasteiger partial charge in [-0.25, -0.2) is 4.39 Å². The van der Waals surface area contributed by atoms with Crippen molar-refractivity contribution in [2.75, 3.05) is 0 Å². The van der Waals surface area contributed by atoms with E-state index in [0.29, 0.717) is 12.1 Å². The van der Waals surface area contributed by atoms with Gasteiger partial charge in [-0.15, -0.1) is 5.10 Å². The number of nitrogens with zero attached hydrogens (tertiary/aromatic N) is 3. The van der Waals surface area contributed by atoms with Crippen molar-refractivity contribution in [2.24, 2.45) is 0 Å². The molecule has 2 aromatic rings. The average molecular weight is 306 g/mol. The van der Waals surface area contributed by atoms with Crippen LogP contribution in [0.1, 0.15) is 35.4 Å². The van der Waals surface area contributed by atoms with Gasteiger partial charge in [0.15, 0.2) is 5.69 Å². The zero-order chi connectivity index (χ0) is 16.1. The predicted octanol–water partition coefficient (Wildman–Crippen LogP) is 1.38. The number of hydrogen-bond acceptors (Lipinski definition) is 4. The highest BCUT2D eigenvalue weighted by Gasteiger charge is 2.20. The van der Waals surface area contributed by atoms with E-state index in [0.717, 1.165) is 0 Å². The van der Waals surface area contributed by atoms with E-state index in [1.807, 2.05) is 6.92 Å². The summed E-state index contributed by atoms with van der Waals surface area (Å²) in [7, 11) is 0. The molecule has 1 atom stereocenters. The number of amides is 1. The van der Waals surface area contributed by atoms with Crippen molar-refractivity contribution in [1.82, 2.24) is 20.3 Å². The molecule has 0 radical (unpaired) electrons. The third-order valence-electron chi connectivity index (χ3n) is 3.05. The summed E-state index contributed by atoms with van der Waals surface area (Å²) in [6.45, 7) is 2.42. The molecule has 116 valence electrons. The quantitative estimate of drug-likeness (QED) is 0.840. The number of rotatable bonds is 6. The highest BCUT2D eigenvalue weighted by Crippen LogP contribution is 2.18. The van der Waals surface area contributed by atoms with Crippen molar-refractivity contribution < 1.29 is 19.1 Å². The van der Waals surface area contributed by atoms with E-state index >= 15 is 0 Å². The van der Waals surface area contributed by atoms with Gasteiger partial charge in [0.2, 0.25) is 0 Å². The number of aryl methyl sites for hydroxylation is 1. The molecule has 22 heavy (non-hydrogen) atoms. The van der Waals surface area contributed by atoms with Gasteiger partial charge < -0.3 is 10.4 Å². The van der Waals surface area contributed by atoms with Crippen LogP contribution in [0.2, 0.25) is 0 Å². The molecule has 1 aromatic carbocycles. The molecule has 0 fully saturated rings. The molecule has 2 rings (SSSR count). The number of carboxylic acids is 1. The molecule has 1 unspecified atom stereocenters. The number of aromatic nitrogens is 3. The second-order valence-electron chi connectivity index (χ2n) is 4.63. The van der Waals surface area contributed by atoms with Crippen LogP contribution in [-0.2, 0) is 11.3 Å². The highest BCUT2D eigenvalue weighted by atomic mass is 19.1. The van der Waals surface area contributed by atoms with Crippen molar-refractivity contribution in [3.8, 4) is 0 Å². The molecule has 8 heteroatoms. The molecule has 1 heterocycles. The minimum Gasteiger partial charge on any atom is -0.481 e. The van der Waals surface area contributed by atoms with Crippen molar-refractivity contribution in [1.29, 1.82) is 0 Å². The largest absolute Gasteiger partial charge is 0.481 e. The number of aliphatic carboxylic acids is 1. The zero-order valence-corrected chi connectivity index (χ0v) is 11.9. The Morgan fingerprint density at radius 2 is 2.05 bits per heavy atom. The van der Waals surface area contributed by atoms with Gasteiger partial charge in [-0.2, -0.15) is 0 Å². The van der Waals surface area contributed by atoms with Crippen LogP contribution in [0.5, 0.6) is 0 Å². The number of hydrogen-bond donors (Lipinski definition) is 2. The third kappa shape index (κ3) is 3.87. The summed E-state index contributed by atoms with van der Waals surface area (Å²) in [5.74, 6) is -2.04. The lowest BCUT2D eigenvalue weighted by atomic mass is 10.0. The van der Waals surface area contributed by atoms with E-state index in [4.69, 9.17) is 5.11 Å². The number of nitrogens with one attached hydrogen (secondary N) is 1. The molecular weight excluding hydrogens is 291 g/mol. The zero-order valence-electron chi connectivity index (χ0n) is 11.9. The van der Waals surface area contributed by atoms with Gasteiger partial charge in [0.05, 0.1) is 18.7 Å². The minimum absolute atomic E-state index is 0.0966. The molecule has 0 aliphatic rings. The van der Waals surface area contributed by atoms with Crippen LogP contribution in [0, 0.1) is 5.82 Å². The maximum atomic E-state index is 13.0. The van der Waals surface area contributed by atoms with Gasteiger partial charge in [-0.05, 0) is 24.6 Å². The van der Waals surface area contributed by atoms with Gasteiger partial charge in [0, 0.05) is 6.54 Å². The summed E-state index contributed by atoms with van der Waals surface area (Å²) >= 11 is 0. The lowest BCUT2D eigenvalue weighted by Gasteiger charge is -2.16. The summed E-state index contributed by atoms with van der Waals surface area (Å²) in [6.07, 6.45) is 1.15. The van der Waals surface area contributed by atoms with Crippen LogP contribution in [0.3, 0.4) is 0 Å². The minimum atomic E-state index is -1.08. The Morgan fingerprint density at radius 3 is 2.59 bits per heavy atom. The van der Waals surface area contributed by atoms with Crippen LogP contribution in [0.4, 0.5) is 4.39 Å². The van der Waals surface area contributed by atoms with Crippen LogP contribution in [0.25, 0.3) is 0 Å². The molecule has 0 bridgehead atoms.